The van der Waals surface area contributed by atoms with Crippen LogP contribution in [0.2, 0.25) is 5.02 Å². The van der Waals surface area contributed by atoms with Gasteiger partial charge in [-0.05, 0) is 31.0 Å². The molecule has 0 saturated heterocycles. The molecule has 162 valence electrons. The minimum absolute atomic E-state index is 0.0618. The largest absolute Gasteiger partial charge is 0.325 e. The van der Waals surface area contributed by atoms with Gasteiger partial charge in [-0.2, -0.15) is 0 Å². The molecule has 1 N–H and O–H groups in total. The average Bonchev–Trinajstić information content (AvgIpc) is 3.46. The van der Waals surface area contributed by atoms with E-state index in [9.17, 15) is 13.2 Å². The molecule has 30 heavy (non-hydrogen) atoms. The maximum atomic E-state index is 12.4. The Kier molecular flexibility index (Phi) is 7.22. The molecule has 0 spiro atoms. The van der Waals surface area contributed by atoms with Gasteiger partial charge in [0.05, 0.1) is 15.6 Å². The van der Waals surface area contributed by atoms with Gasteiger partial charge in [0.15, 0.2) is 5.16 Å². The summed E-state index contributed by atoms with van der Waals surface area (Å²) in [5.74, 6) is 1.69. The van der Waals surface area contributed by atoms with Gasteiger partial charge in [-0.1, -0.05) is 29.4 Å². The van der Waals surface area contributed by atoms with E-state index in [4.69, 9.17) is 11.6 Å². The van der Waals surface area contributed by atoms with Gasteiger partial charge in [0.1, 0.15) is 5.82 Å². The number of nitrogens with zero attached hydrogens (tertiary/aromatic N) is 4. The summed E-state index contributed by atoms with van der Waals surface area (Å²) in [5.41, 5.74) is 0.264. The standard InChI is InChI=1S/C19H24ClN5O3S2/c1-4-10-25-18(13-5-6-13)22-23-19(25)29-11-9-17(26)21-16-12-14(7-8-15(16)20)30(27,28)24(2)3/h4,7-8,12-13H,1,5-6,9-11H2,2-3H3,(H,21,26). The first-order chi connectivity index (χ1) is 14.2. The van der Waals surface area contributed by atoms with Crippen LogP contribution >= 0.6 is 23.4 Å². The predicted octanol–water partition coefficient (Wildman–Crippen LogP) is 3.37. The normalized spacial score (nSPS) is 14.1. The van der Waals surface area contributed by atoms with Gasteiger partial charge in [0.2, 0.25) is 15.9 Å². The fraction of sp³-hybridized carbons (Fsp3) is 0.421. The van der Waals surface area contributed by atoms with Crippen LogP contribution in [0.4, 0.5) is 5.69 Å². The van der Waals surface area contributed by atoms with Crippen LogP contribution in [0.1, 0.15) is 31.0 Å². The van der Waals surface area contributed by atoms with Crippen molar-refractivity contribution in [2.24, 2.45) is 0 Å². The molecule has 1 saturated carbocycles. The predicted molar refractivity (Wildman–Crippen MR) is 118 cm³/mol. The highest BCUT2D eigenvalue weighted by Crippen LogP contribution is 2.40. The van der Waals surface area contributed by atoms with E-state index in [1.807, 2.05) is 10.6 Å². The third-order valence-electron chi connectivity index (χ3n) is 4.55. The van der Waals surface area contributed by atoms with Crippen LogP contribution in [0.15, 0.2) is 40.9 Å². The number of sulfonamides is 1. The number of nitrogens with one attached hydrogen (secondary N) is 1. The van der Waals surface area contributed by atoms with Crippen LogP contribution in [0.5, 0.6) is 0 Å². The molecule has 0 radical (unpaired) electrons. The number of allylic oxidation sites excluding steroid dienone is 1. The molecule has 2 aromatic rings. The summed E-state index contributed by atoms with van der Waals surface area (Å²) < 4.78 is 27.7. The highest BCUT2D eigenvalue weighted by atomic mass is 35.5. The van der Waals surface area contributed by atoms with Crippen molar-refractivity contribution >= 4 is 45.0 Å². The number of rotatable bonds is 10. The maximum Gasteiger partial charge on any atom is 0.242 e. The highest BCUT2D eigenvalue weighted by molar-refractivity contribution is 7.99. The number of halogens is 1. The average molecular weight is 470 g/mol. The third-order valence-corrected chi connectivity index (χ3v) is 7.66. The fourth-order valence-electron chi connectivity index (χ4n) is 2.77. The summed E-state index contributed by atoms with van der Waals surface area (Å²) in [4.78, 5) is 12.4. The molecular formula is C19H24ClN5O3S2. The molecule has 1 amide bonds. The molecule has 11 heteroatoms. The molecule has 1 aromatic carbocycles. The lowest BCUT2D eigenvalue weighted by Crippen LogP contribution is -2.22. The van der Waals surface area contributed by atoms with Crippen molar-refractivity contribution in [3.8, 4) is 0 Å². The van der Waals surface area contributed by atoms with E-state index in [0.717, 1.165) is 28.1 Å². The Labute approximate surface area is 185 Å². The van der Waals surface area contributed by atoms with Gasteiger partial charge in [0.25, 0.3) is 0 Å². The number of benzene rings is 1. The van der Waals surface area contributed by atoms with E-state index in [1.54, 1.807) is 0 Å². The van der Waals surface area contributed by atoms with Crippen molar-refractivity contribution in [1.29, 1.82) is 0 Å². The van der Waals surface area contributed by atoms with Crippen molar-refractivity contribution in [1.82, 2.24) is 19.1 Å². The molecule has 1 heterocycles. The van der Waals surface area contributed by atoms with Crippen molar-refractivity contribution < 1.29 is 13.2 Å². The molecule has 0 aliphatic heterocycles. The molecule has 8 nitrogen and oxygen atoms in total. The first-order valence-corrected chi connectivity index (χ1v) is 12.2. The second-order valence-corrected chi connectivity index (χ2v) is 10.7. The van der Waals surface area contributed by atoms with Crippen molar-refractivity contribution in [2.75, 3.05) is 25.2 Å². The van der Waals surface area contributed by atoms with Gasteiger partial charge in [-0.25, -0.2) is 12.7 Å². The molecule has 0 unspecified atom stereocenters. The summed E-state index contributed by atoms with van der Waals surface area (Å²) in [6, 6.07) is 4.23. The lowest BCUT2D eigenvalue weighted by Gasteiger charge is -2.14. The summed E-state index contributed by atoms with van der Waals surface area (Å²) in [6.45, 7) is 4.42. The number of carbonyl (C=O) groups is 1. The highest BCUT2D eigenvalue weighted by Gasteiger charge is 2.30. The minimum atomic E-state index is -3.62. The zero-order valence-corrected chi connectivity index (χ0v) is 19.2. The Bertz CT molecular complexity index is 1050. The Morgan fingerprint density at radius 1 is 1.40 bits per heavy atom. The molecular weight excluding hydrogens is 446 g/mol. The Hall–Kier alpha value is -1.88. The zero-order valence-electron chi connectivity index (χ0n) is 16.8. The molecule has 0 atom stereocenters. The van der Waals surface area contributed by atoms with Crippen molar-refractivity contribution in [2.45, 2.75) is 41.8 Å². The van der Waals surface area contributed by atoms with E-state index in [1.165, 1.54) is 44.1 Å². The molecule has 1 aliphatic carbocycles. The van der Waals surface area contributed by atoms with Crippen LogP contribution in [-0.4, -0.2) is 53.2 Å². The van der Waals surface area contributed by atoms with Gasteiger partial charge < -0.3 is 9.88 Å². The van der Waals surface area contributed by atoms with E-state index < -0.39 is 10.0 Å². The van der Waals surface area contributed by atoms with Crippen molar-refractivity contribution in [3.05, 3.63) is 41.7 Å². The Morgan fingerprint density at radius 3 is 2.77 bits per heavy atom. The van der Waals surface area contributed by atoms with E-state index in [0.29, 0.717) is 18.2 Å². The number of aromatic nitrogens is 3. The zero-order chi connectivity index (χ0) is 21.9. The Balaban J connectivity index is 1.61. The third kappa shape index (κ3) is 5.23. The maximum absolute atomic E-state index is 12.4. The lowest BCUT2D eigenvalue weighted by molar-refractivity contribution is -0.115. The molecule has 1 fully saturated rings. The van der Waals surface area contributed by atoms with Crippen molar-refractivity contribution in [3.63, 3.8) is 0 Å². The summed E-state index contributed by atoms with van der Waals surface area (Å²) in [6.07, 6.45) is 4.28. The quantitative estimate of drug-likeness (QED) is 0.423. The van der Waals surface area contributed by atoms with Crippen LogP contribution in [0.3, 0.4) is 0 Å². The lowest BCUT2D eigenvalue weighted by atomic mass is 10.3. The molecule has 3 rings (SSSR count). The summed E-state index contributed by atoms with van der Waals surface area (Å²) >= 11 is 7.59. The van der Waals surface area contributed by atoms with E-state index in [-0.39, 0.29) is 27.9 Å². The van der Waals surface area contributed by atoms with Crippen LogP contribution in [-0.2, 0) is 21.4 Å². The fourth-order valence-corrected chi connectivity index (χ4v) is 4.76. The SMILES string of the molecule is C=CCn1c(SCCC(=O)Nc2cc(S(=O)(=O)N(C)C)ccc2Cl)nnc1C1CC1. The topological polar surface area (TPSA) is 97.2 Å². The molecule has 1 aliphatic rings. The minimum Gasteiger partial charge on any atom is -0.325 e. The van der Waals surface area contributed by atoms with Crippen LogP contribution in [0, 0.1) is 0 Å². The summed E-state index contributed by atoms with van der Waals surface area (Å²) in [7, 11) is -0.734. The number of thioether (sulfide) groups is 1. The number of hydrogen-bond donors (Lipinski definition) is 1. The van der Waals surface area contributed by atoms with Gasteiger partial charge >= 0.3 is 0 Å². The second kappa shape index (κ2) is 9.51. The first kappa shape index (κ1) is 22.8. The van der Waals surface area contributed by atoms with E-state index in [2.05, 4.69) is 22.1 Å². The first-order valence-electron chi connectivity index (χ1n) is 9.42. The monoisotopic (exact) mass is 469 g/mol. The second-order valence-electron chi connectivity index (χ2n) is 7.09. The van der Waals surface area contributed by atoms with Crippen LogP contribution in [0.25, 0.3) is 0 Å². The molecule has 1 aromatic heterocycles. The van der Waals surface area contributed by atoms with Gasteiger partial charge in [-0.3, -0.25) is 4.79 Å². The van der Waals surface area contributed by atoms with E-state index >= 15 is 0 Å². The summed E-state index contributed by atoms with van der Waals surface area (Å²) in [5, 5.41) is 12.3. The van der Waals surface area contributed by atoms with Gasteiger partial charge in [-0.15, -0.1) is 16.8 Å². The van der Waals surface area contributed by atoms with Crippen LogP contribution < -0.4 is 5.32 Å². The van der Waals surface area contributed by atoms with Gasteiger partial charge in [0, 0.05) is 38.7 Å². The molecule has 0 bridgehead atoms. The Morgan fingerprint density at radius 2 is 2.13 bits per heavy atom. The number of amides is 1. The number of carbonyl (C=O) groups excluding carboxylic acids is 1. The number of anilines is 1. The number of hydrogen-bond acceptors (Lipinski definition) is 6. The smallest absolute Gasteiger partial charge is 0.242 e.